The first-order chi connectivity index (χ1) is 17.2. The van der Waals surface area contributed by atoms with Crippen molar-refractivity contribution in [2.24, 2.45) is 0 Å². The third-order valence-electron chi connectivity index (χ3n) is 6.14. The van der Waals surface area contributed by atoms with Gasteiger partial charge in [-0.25, -0.2) is 0 Å². The standard InChI is InChI=1S/C26H24ClF3N4O2/c1-31-24-8-5-18(17-3-2-4-19(11-17)26(28,29)30)12-23(24)25(36)34-10-9-33(15-22(34)16-35)14-21-7-6-20(27)13-32-21/h2-8,11-13,16,22,31H,9-10,14-15H2,1H3. The molecule has 3 aromatic rings. The number of nitrogens with zero attached hydrogens (tertiary/aromatic N) is 3. The number of carbonyl (C=O) groups is 2. The maximum Gasteiger partial charge on any atom is 0.416 e. The van der Waals surface area contributed by atoms with Gasteiger partial charge in [0.05, 0.1) is 21.8 Å². The summed E-state index contributed by atoms with van der Waals surface area (Å²) in [6.07, 6.45) is -2.17. The van der Waals surface area contributed by atoms with Gasteiger partial charge in [0.1, 0.15) is 12.3 Å². The van der Waals surface area contributed by atoms with Crippen molar-refractivity contribution in [3.05, 3.63) is 82.6 Å². The average molecular weight is 517 g/mol. The summed E-state index contributed by atoms with van der Waals surface area (Å²) in [4.78, 5) is 33.3. The number of pyridine rings is 1. The monoisotopic (exact) mass is 516 g/mol. The summed E-state index contributed by atoms with van der Waals surface area (Å²) < 4.78 is 39.6. The van der Waals surface area contributed by atoms with E-state index in [1.807, 2.05) is 11.0 Å². The fraction of sp³-hybridized carbons (Fsp3) is 0.269. The van der Waals surface area contributed by atoms with Gasteiger partial charge in [0.25, 0.3) is 5.91 Å². The number of hydrogen-bond donors (Lipinski definition) is 1. The summed E-state index contributed by atoms with van der Waals surface area (Å²) in [5.41, 5.74) is 1.65. The Morgan fingerprint density at radius 3 is 2.58 bits per heavy atom. The van der Waals surface area contributed by atoms with E-state index in [1.54, 1.807) is 43.6 Å². The highest BCUT2D eigenvalue weighted by molar-refractivity contribution is 6.30. The zero-order valence-corrected chi connectivity index (χ0v) is 20.2. The van der Waals surface area contributed by atoms with Gasteiger partial charge in [0, 0.05) is 45.1 Å². The summed E-state index contributed by atoms with van der Waals surface area (Å²) >= 11 is 5.89. The highest BCUT2D eigenvalue weighted by atomic mass is 35.5. The van der Waals surface area contributed by atoms with Crippen molar-refractivity contribution in [3.63, 3.8) is 0 Å². The Morgan fingerprint density at radius 2 is 1.92 bits per heavy atom. The highest BCUT2D eigenvalue weighted by Gasteiger charge is 2.33. The van der Waals surface area contributed by atoms with E-state index < -0.39 is 17.8 Å². The first-order valence-corrected chi connectivity index (χ1v) is 11.7. The lowest BCUT2D eigenvalue weighted by Gasteiger charge is -2.39. The summed E-state index contributed by atoms with van der Waals surface area (Å²) in [5, 5.41) is 3.50. The van der Waals surface area contributed by atoms with E-state index >= 15 is 0 Å². The van der Waals surface area contributed by atoms with Crippen LogP contribution in [-0.4, -0.2) is 59.7 Å². The van der Waals surface area contributed by atoms with E-state index in [4.69, 9.17) is 11.6 Å². The van der Waals surface area contributed by atoms with Crippen LogP contribution in [0.4, 0.5) is 18.9 Å². The zero-order valence-electron chi connectivity index (χ0n) is 19.4. The first-order valence-electron chi connectivity index (χ1n) is 11.3. The van der Waals surface area contributed by atoms with E-state index in [2.05, 4.69) is 10.3 Å². The van der Waals surface area contributed by atoms with Crippen molar-refractivity contribution in [2.45, 2.75) is 18.8 Å². The second-order valence-corrected chi connectivity index (χ2v) is 8.93. The minimum absolute atomic E-state index is 0.284. The number of hydrogen-bond acceptors (Lipinski definition) is 5. The van der Waals surface area contributed by atoms with E-state index in [0.29, 0.717) is 48.0 Å². The highest BCUT2D eigenvalue weighted by Crippen LogP contribution is 2.33. The molecule has 0 bridgehead atoms. The van der Waals surface area contributed by atoms with Gasteiger partial charge in [-0.15, -0.1) is 0 Å². The van der Waals surface area contributed by atoms with Crippen molar-refractivity contribution >= 4 is 29.5 Å². The number of aromatic nitrogens is 1. The Hall–Kier alpha value is -3.43. The normalized spacial score (nSPS) is 16.6. The van der Waals surface area contributed by atoms with E-state index in [1.165, 1.54) is 11.0 Å². The molecule has 0 radical (unpaired) electrons. The molecule has 1 aromatic heterocycles. The third kappa shape index (κ3) is 5.68. The van der Waals surface area contributed by atoms with Crippen molar-refractivity contribution in [1.82, 2.24) is 14.8 Å². The smallest absolute Gasteiger partial charge is 0.387 e. The number of alkyl halides is 3. The molecule has 1 unspecified atom stereocenters. The topological polar surface area (TPSA) is 65.5 Å². The Labute approximate surface area is 211 Å². The summed E-state index contributed by atoms with van der Waals surface area (Å²) in [6.45, 7) is 1.69. The molecule has 1 aliphatic rings. The summed E-state index contributed by atoms with van der Waals surface area (Å²) in [6, 6.07) is 12.7. The molecule has 1 fully saturated rings. The minimum atomic E-state index is -4.47. The maximum atomic E-state index is 13.6. The maximum absolute atomic E-state index is 13.6. The van der Waals surface area contributed by atoms with Gasteiger partial charge < -0.3 is 15.0 Å². The lowest BCUT2D eigenvalue weighted by molar-refractivity contribution is -0.137. The fourth-order valence-electron chi connectivity index (χ4n) is 4.26. The molecule has 1 amide bonds. The number of aldehydes is 1. The second-order valence-electron chi connectivity index (χ2n) is 8.49. The predicted octanol–water partition coefficient (Wildman–Crippen LogP) is 4.99. The van der Waals surface area contributed by atoms with Crippen LogP contribution in [0.3, 0.4) is 0 Å². The summed E-state index contributed by atoms with van der Waals surface area (Å²) in [7, 11) is 1.66. The van der Waals surface area contributed by atoms with Crippen molar-refractivity contribution < 1.29 is 22.8 Å². The van der Waals surface area contributed by atoms with Crippen LogP contribution >= 0.6 is 11.6 Å². The molecule has 6 nitrogen and oxygen atoms in total. The molecule has 188 valence electrons. The molecular weight excluding hydrogens is 493 g/mol. The van der Waals surface area contributed by atoms with Gasteiger partial charge in [0.2, 0.25) is 0 Å². The van der Waals surface area contributed by atoms with Crippen LogP contribution in [0.15, 0.2) is 60.8 Å². The molecule has 0 spiro atoms. The fourth-order valence-corrected chi connectivity index (χ4v) is 4.37. The van der Waals surface area contributed by atoms with Gasteiger partial charge in [-0.1, -0.05) is 29.8 Å². The summed E-state index contributed by atoms with van der Waals surface area (Å²) in [5.74, 6) is -0.366. The molecule has 4 rings (SSSR count). The van der Waals surface area contributed by atoms with Crippen LogP contribution in [0.1, 0.15) is 21.6 Å². The van der Waals surface area contributed by atoms with Gasteiger partial charge in [-0.3, -0.25) is 14.7 Å². The Balaban J connectivity index is 1.57. The van der Waals surface area contributed by atoms with Gasteiger partial charge in [0.15, 0.2) is 0 Å². The zero-order chi connectivity index (χ0) is 25.9. The van der Waals surface area contributed by atoms with Crippen molar-refractivity contribution in [1.29, 1.82) is 0 Å². The number of nitrogens with one attached hydrogen (secondary N) is 1. The van der Waals surface area contributed by atoms with E-state index in [-0.39, 0.29) is 11.5 Å². The van der Waals surface area contributed by atoms with Crippen LogP contribution in [-0.2, 0) is 17.5 Å². The molecule has 10 heteroatoms. The number of halogens is 4. The quantitative estimate of drug-likeness (QED) is 0.468. The Morgan fingerprint density at radius 1 is 1.14 bits per heavy atom. The van der Waals surface area contributed by atoms with E-state index in [0.717, 1.165) is 24.1 Å². The molecule has 1 N–H and O–H groups in total. The van der Waals surface area contributed by atoms with E-state index in [9.17, 15) is 22.8 Å². The molecule has 36 heavy (non-hydrogen) atoms. The largest absolute Gasteiger partial charge is 0.416 e. The molecule has 0 saturated carbocycles. The van der Waals surface area contributed by atoms with Crippen LogP contribution in [0.2, 0.25) is 5.02 Å². The first kappa shape index (κ1) is 25.7. The molecule has 2 heterocycles. The van der Waals surface area contributed by atoms with Crippen LogP contribution in [0.5, 0.6) is 0 Å². The predicted molar refractivity (Wildman–Crippen MR) is 132 cm³/mol. The third-order valence-corrected chi connectivity index (χ3v) is 6.36. The molecule has 0 aliphatic carbocycles. The molecule has 1 atom stereocenters. The number of carbonyl (C=O) groups excluding carboxylic acids is 2. The number of rotatable bonds is 6. The van der Waals surface area contributed by atoms with Crippen molar-refractivity contribution in [2.75, 3.05) is 32.0 Å². The molecular formula is C26H24ClF3N4O2. The number of piperazine rings is 1. The van der Waals surface area contributed by atoms with Crippen LogP contribution < -0.4 is 5.32 Å². The van der Waals surface area contributed by atoms with Crippen LogP contribution in [0.25, 0.3) is 11.1 Å². The molecule has 2 aromatic carbocycles. The van der Waals surface area contributed by atoms with Gasteiger partial charge >= 0.3 is 6.18 Å². The van der Waals surface area contributed by atoms with Crippen molar-refractivity contribution in [3.8, 4) is 11.1 Å². The molecule has 1 aliphatic heterocycles. The number of amides is 1. The number of anilines is 1. The van der Waals surface area contributed by atoms with Gasteiger partial charge in [-0.05, 0) is 47.5 Å². The van der Waals surface area contributed by atoms with Gasteiger partial charge in [-0.2, -0.15) is 13.2 Å². The second kappa shape index (κ2) is 10.7. The van der Waals surface area contributed by atoms with Crippen LogP contribution in [0, 0.1) is 0 Å². The number of benzene rings is 2. The molecule has 1 saturated heterocycles. The lowest BCUT2D eigenvalue weighted by atomic mass is 9.98. The average Bonchev–Trinajstić information content (AvgIpc) is 2.88. The minimum Gasteiger partial charge on any atom is -0.387 e. The Bertz CT molecular complexity index is 1250. The Kier molecular flexibility index (Phi) is 7.61. The lowest BCUT2D eigenvalue weighted by Crippen LogP contribution is -2.55. The SMILES string of the molecule is CNc1ccc(-c2cccc(C(F)(F)F)c2)cc1C(=O)N1CCN(Cc2ccc(Cl)cn2)CC1C=O.